The van der Waals surface area contributed by atoms with Crippen molar-refractivity contribution in [1.82, 2.24) is 0 Å². The van der Waals surface area contributed by atoms with Gasteiger partial charge in [0.15, 0.2) is 0 Å². The number of rotatable bonds is 2. The molecule has 0 radical (unpaired) electrons. The largest absolute Gasteiger partial charge is 0.0848 e. The molecule has 3 fully saturated rings. The molecule has 0 spiro atoms. The molecule has 0 heterocycles. The van der Waals surface area contributed by atoms with Gasteiger partial charge in [-0.2, -0.15) is 0 Å². The van der Waals surface area contributed by atoms with E-state index in [9.17, 15) is 0 Å². The maximum Gasteiger partial charge on any atom is -0.0146 e. The first-order valence-electron chi connectivity index (χ1n) is 6.20. The van der Waals surface area contributed by atoms with E-state index >= 15 is 0 Å². The zero-order valence-corrected chi connectivity index (χ0v) is 10.1. The highest BCUT2D eigenvalue weighted by Gasteiger charge is 2.51. The van der Waals surface area contributed by atoms with Crippen LogP contribution in [0.4, 0.5) is 0 Å². The van der Waals surface area contributed by atoms with Gasteiger partial charge in [-0.25, -0.2) is 0 Å². The lowest BCUT2D eigenvalue weighted by Crippen LogP contribution is -2.49. The molecule has 0 heteroatoms. The second-order valence-electron chi connectivity index (χ2n) is 6.25. The summed E-state index contributed by atoms with van der Waals surface area (Å²) >= 11 is 0. The number of allylic oxidation sites excluding steroid dienone is 2. The van der Waals surface area contributed by atoms with Gasteiger partial charge < -0.3 is 0 Å². The van der Waals surface area contributed by atoms with E-state index in [0.717, 1.165) is 17.8 Å². The Balaban J connectivity index is 2.04. The van der Waals surface area contributed by atoms with Crippen molar-refractivity contribution in [1.29, 1.82) is 0 Å². The van der Waals surface area contributed by atoms with Gasteiger partial charge in [0.1, 0.15) is 0 Å². The average molecular weight is 192 g/mol. The lowest BCUT2D eigenvalue weighted by atomic mass is 9.47. The fourth-order valence-corrected chi connectivity index (χ4v) is 3.28. The first-order valence-corrected chi connectivity index (χ1v) is 6.20. The topological polar surface area (TPSA) is 0 Å². The molecule has 80 valence electrons. The van der Waals surface area contributed by atoms with Crippen molar-refractivity contribution in [3.8, 4) is 0 Å². The Morgan fingerprint density at radius 3 is 2.64 bits per heavy atom. The maximum absolute atomic E-state index is 2.55. The second kappa shape index (κ2) is 3.40. The predicted molar refractivity (Wildman–Crippen MR) is 62.2 cm³/mol. The summed E-state index contributed by atoms with van der Waals surface area (Å²) in [6.45, 7) is 9.56. The molecule has 0 aromatic rings. The van der Waals surface area contributed by atoms with Crippen LogP contribution in [0.3, 0.4) is 0 Å². The van der Waals surface area contributed by atoms with Crippen molar-refractivity contribution in [2.75, 3.05) is 0 Å². The number of hydrogen-bond acceptors (Lipinski definition) is 0. The summed E-state index contributed by atoms with van der Waals surface area (Å²) in [6, 6.07) is 0. The zero-order chi connectivity index (χ0) is 10.3. The van der Waals surface area contributed by atoms with Crippen LogP contribution in [0.2, 0.25) is 0 Å². The number of hydrogen-bond donors (Lipinski definition) is 0. The first kappa shape index (κ1) is 10.3. The molecular weight excluding hydrogens is 168 g/mol. The lowest BCUT2D eigenvalue weighted by molar-refractivity contribution is -0.0280. The third-order valence-corrected chi connectivity index (χ3v) is 4.55. The Morgan fingerprint density at radius 1 is 1.43 bits per heavy atom. The summed E-state index contributed by atoms with van der Waals surface area (Å²) in [5.74, 6) is 2.78. The van der Waals surface area contributed by atoms with E-state index in [1.165, 1.54) is 25.7 Å². The van der Waals surface area contributed by atoms with E-state index in [1.807, 2.05) is 0 Å². The van der Waals surface area contributed by atoms with Gasteiger partial charge in [-0.3, -0.25) is 0 Å². The highest BCUT2D eigenvalue weighted by molar-refractivity contribution is 5.21. The van der Waals surface area contributed by atoms with Crippen LogP contribution < -0.4 is 0 Å². The van der Waals surface area contributed by atoms with Gasteiger partial charge in [0.05, 0.1) is 0 Å². The molecule has 3 aliphatic rings. The molecule has 3 rings (SSSR count). The fraction of sp³-hybridized carbons (Fsp3) is 0.857. The Hall–Kier alpha value is -0.260. The van der Waals surface area contributed by atoms with Crippen LogP contribution in [0.1, 0.15) is 53.4 Å². The van der Waals surface area contributed by atoms with Crippen LogP contribution in [0.15, 0.2) is 11.6 Å². The molecule has 2 bridgehead atoms. The van der Waals surface area contributed by atoms with Crippen molar-refractivity contribution < 1.29 is 0 Å². The van der Waals surface area contributed by atoms with Crippen LogP contribution in [0, 0.1) is 23.2 Å². The number of fused-ring (bicyclic) bond motifs is 2. The maximum atomic E-state index is 2.55. The van der Waals surface area contributed by atoms with Crippen LogP contribution in [0.5, 0.6) is 0 Å². The smallest absolute Gasteiger partial charge is 0.0146 e. The van der Waals surface area contributed by atoms with Crippen molar-refractivity contribution in [2.24, 2.45) is 23.2 Å². The fourth-order valence-electron chi connectivity index (χ4n) is 3.28. The first-order chi connectivity index (χ1) is 6.51. The molecule has 0 saturated heterocycles. The quantitative estimate of drug-likeness (QED) is 0.568. The van der Waals surface area contributed by atoms with Gasteiger partial charge in [-0.05, 0) is 48.9 Å². The third kappa shape index (κ3) is 1.53. The van der Waals surface area contributed by atoms with Gasteiger partial charge in [0, 0.05) is 0 Å². The van der Waals surface area contributed by atoms with E-state index in [-0.39, 0.29) is 0 Å². The summed E-state index contributed by atoms with van der Waals surface area (Å²) in [5, 5.41) is 0. The minimum absolute atomic E-state index is 0.626. The van der Waals surface area contributed by atoms with Gasteiger partial charge in [-0.1, -0.05) is 39.3 Å². The van der Waals surface area contributed by atoms with E-state index < -0.39 is 0 Å². The molecule has 14 heavy (non-hydrogen) atoms. The Labute approximate surface area is 88.8 Å². The second-order valence-corrected chi connectivity index (χ2v) is 6.25. The molecule has 0 nitrogen and oxygen atoms in total. The van der Waals surface area contributed by atoms with E-state index in [2.05, 4.69) is 33.8 Å². The monoisotopic (exact) mass is 192 g/mol. The van der Waals surface area contributed by atoms with Gasteiger partial charge in [0.25, 0.3) is 0 Å². The van der Waals surface area contributed by atoms with Crippen LogP contribution in [-0.4, -0.2) is 0 Å². The Kier molecular flexibility index (Phi) is 2.49. The van der Waals surface area contributed by atoms with Crippen molar-refractivity contribution in [3.63, 3.8) is 0 Å². The van der Waals surface area contributed by atoms with Gasteiger partial charge >= 0.3 is 0 Å². The SMILES string of the molecule is CC(C)C/C=C1/CCC2CC1C2(C)C. The van der Waals surface area contributed by atoms with Crippen LogP contribution in [-0.2, 0) is 0 Å². The molecule has 0 aromatic heterocycles. The molecule has 3 saturated carbocycles. The molecular formula is C14H24. The van der Waals surface area contributed by atoms with E-state index in [1.54, 1.807) is 5.57 Å². The van der Waals surface area contributed by atoms with Crippen LogP contribution >= 0.6 is 0 Å². The molecule has 2 unspecified atom stereocenters. The highest BCUT2D eigenvalue weighted by Crippen LogP contribution is 2.61. The summed E-state index contributed by atoms with van der Waals surface area (Å²) in [5.41, 5.74) is 2.41. The molecule has 0 aliphatic heterocycles. The summed E-state index contributed by atoms with van der Waals surface area (Å²) in [6.07, 6.45) is 8.16. The minimum Gasteiger partial charge on any atom is -0.0848 e. The molecule has 0 aromatic carbocycles. The third-order valence-electron chi connectivity index (χ3n) is 4.55. The Morgan fingerprint density at radius 2 is 2.14 bits per heavy atom. The van der Waals surface area contributed by atoms with E-state index in [0.29, 0.717) is 5.41 Å². The normalized spacial score (nSPS) is 37.4. The van der Waals surface area contributed by atoms with E-state index in [4.69, 9.17) is 0 Å². The summed E-state index contributed by atoms with van der Waals surface area (Å²) in [4.78, 5) is 0. The zero-order valence-electron chi connectivity index (χ0n) is 10.1. The van der Waals surface area contributed by atoms with Crippen molar-refractivity contribution >= 4 is 0 Å². The lowest BCUT2D eigenvalue weighted by Gasteiger charge is -2.58. The van der Waals surface area contributed by atoms with Gasteiger partial charge in [-0.15, -0.1) is 0 Å². The molecule has 0 amide bonds. The highest BCUT2D eigenvalue weighted by atomic mass is 14.6. The predicted octanol–water partition coefficient (Wildman–Crippen LogP) is 4.42. The Bertz CT molecular complexity index is 243. The standard InChI is InChI=1S/C14H24/c1-10(2)5-6-11-7-8-12-9-13(11)14(12,3)4/h6,10,12-13H,5,7-9H2,1-4H3/b11-6-. The van der Waals surface area contributed by atoms with Crippen molar-refractivity contribution in [3.05, 3.63) is 11.6 Å². The summed E-state index contributed by atoms with van der Waals surface area (Å²) in [7, 11) is 0. The summed E-state index contributed by atoms with van der Waals surface area (Å²) < 4.78 is 0. The molecule has 3 aliphatic carbocycles. The average Bonchev–Trinajstić information content (AvgIpc) is 2.14. The van der Waals surface area contributed by atoms with Gasteiger partial charge in [0.2, 0.25) is 0 Å². The van der Waals surface area contributed by atoms with Crippen molar-refractivity contribution in [2.45, 2.75) is 53.4 Å². The molecule has 2 atom stereocenters. The van der Waals surface area contributed by atoms with Crippen LogP contribution in [0.25, 0.3) is 0 Å². The minimum atomic E-state index is 0.626. The molecule has 0 N–H and O–H groups in total.